The highest BCUT2D eigenvalue weighted by Crippen LogP contribution is 2.28. The van der Waals surface area contributed by atoms with E-state index >= 15 is 0 Å². The molecule has 0 radical (unpaired) electrons. The Labute approximate surface area is 106 Å². The molecule has 0 atom stereocenters. The smallest absolute Gasteiger partial charge is 0.179 e. The molecule has 1 aromatic rings. The van der Waals surface area contributed by atoms with Crippen molar-refractivity contribution in [3.05, 3.63) is 35.4 Å². The van der Waals surface area contributed by atoms with Crippen LogP contribution in [0.2, 0.25) is 0 Å². The Hall–Kier alpha value is -1.29. The zero-order chi connectivity index (χ0) is 13.3. The van der Waals surface area contributed by atoms with Gasteiger partial charge in [0.25, 0.3) is 0 Å². The highest BCUT2D eigenvalue weighted by Gasteiger charge is 2.30. The van der Waals surface area contributed by atoms with Gasteiger partial charge in [-0.25, -0.2) is 8.78 Å². The molecule has 0 aliphatic carbocycles. The minimum absolute atomic E-state index is 0.153. The molecule has 2 rings (SSSR count). The molecular weight excluding hydrogens is 236 g/mol. The second-order valence-electron chi connectivity index (χ2n) is 5.67. The molecule has 98 valence electrons. The lowest BCUT2D eigenvalue weighted by Crippen LogP contribution is -2.29. The third kappa shape index (κ3) is 2.93. The molecule has 1 fully saturated rings. The van der Waals surface area contributed by atoms with Gasteiger partial charge >= 0.3 is 0 Å². The van der Waals surface area contributed by atoms with Crippen LogP contribution >= 0.6 is 0 Å². The molecule has 0 N–H and O–H groups in total. The van der Waals surface area contributed by atoms with Gasteiger partial charge in [-0.05, 0) is 36.6 Å². The van der Waals surface area contributed by atoms with Crippen molar-refractivity contribution in [2.45, 2.75) is 20.3 Å². The molecule has 0 bridgehead atoms. The van der Waals surface area contributed by atoms with Gasteiger partial charge < -0.3 is 0 Å². The van der Waals surface area contributed by atoms with E-state index in [1.807, 2.05) is 4.90 Å². The number of ketones is 1. The summed E-state index contributed by atoms with van der Waals surface area (Å²) in [5.74, 6) is -1.59. The summed E-state index contributed by atoms with van der Waals surface area (Å²) in [6.45, 7) is 6.08. The number of benzene rings is 1. The molecule has 0 aromatic heterocycles. The molecule has 1 saturated heterocycles. The summed E-state index contributed by atoms with van der Waals surface area (Å²) < 4.78 is 26.5. The predicted octanol–water partition coefficient (Wildman–Crippen LogP) is 2.88. The lowest BCUT2D eigenvalue weighted by molar-refractivity contribution is 0.0936. The molecule has 1 aliphatic rings. The van der Waals surface area contributed by atoms with Crippen molar-refractivity contribution >= 4 is 5.78 Å². The van der Waals surface area contributed by atoms with E-state index in [1.165, 1.54) is 0 Å². The highest BCUT2D eigenvalue weighted by atomic mass is 19.1. The Morgan fingerprint density at radius 1 is 1.39 bits per heavy atom. The first kappa shape index (κ1) is 13.1. The van der Waals surface area contributed by atoms with Crippen LogP contribution in [0.25, 0.3) is 0 Å². The maximum absolute atomic E-state index is 13.4. The van der Waals surface area contributed by atoms with E-state index in [0.29, 0.717) is 0 Å². The van der Waals surface area contributed by atoms with Gasteiger partial charge in [-0.15, -0.1) is 0 Å². The van der Waals surface area contributed by atoms with Crippen LogP contribution < -0.4 is 0 Å². The summed E-state index contributed by atoms with van der Waals surface area (Å²) in [7, 11) is 0. The summed E-state index contributed by atoms with van der Waals surface area (Å²) >= 11 is 0. The molecule has 0 unspecified atom stereocenters. The fourth-order valence-corrected chi connectivity index (χ4v) is 2.36. The van der Waals surface area contributed by atoms with Gasteiger partial charge in [0.2, 0.25) is 0 Å². The largest absolute Gasteiger partial charge is 0.295 e. The van der Waals surface area contributed by atoms with Crippen molar-refractivity contribution in [1.82, 2.24) is 4.90 Å². The zero-order valence-corrected chi connectivity index (χ0v) is 10.7. The number of carbonyl (C=O) groups excluding carboxylic acids is 1. The van der Waals surface area contributed by atoms with Gasteiger partial charge in [0, 0.05) is 6.54 Å². The molecule has 1 heterocycles. The summed E-state index contributed by atoms with van der Waals surface area (Å²) in [4.78, 5) is 13.9. The maximum atomic E-state index is 13.4. The monoisotopic (exact) mass is 253 g/mol. The van der Waals surface area contributed by atoms with Crippen LogP contribution in [0.3, 0.4) is 0 Å². The van der Waals surface area contributed by atoms with E-state index in [2.05, 4.69) is 13.8 Å². The normalized spacial score (nSPS) is 19.1. The Morgan fingerprint density at radius 2 is 2.11 bits per heavy atom. The number of hydrogen-bond acceptors (Lipinski definition) is 2. The number of rotatable bonds is 3. The maximum Gasteiger partial charge on any atom is 0.179 e. The van der Waals surface area contributed by atoms with Gasteiger partial charge in [0.15, 0.2) is 5.78 Å². The quantitative estimate of drug-likeness (QED) is 0.772. The summed E-state index contributed by atoms with van der Waals surface area (Å²) in [6.07, 6.45) is 1.02. The van der Waals surface area contributed by atoms with Crippen LogP contribution in [0, 0.1) is 17.0 Å². The molecule has 4 heteroatoms. The average Bonchev–Trinajstić information content (AvgIpc) is 2.61. The van der Waals surface area contributed by atoms with Gasteiger partial charge in [0.1, 0.15) is 11.6 Å². The van der Waals surface area contributed by atoms with E-state index in [4.69, 9.17) is 0 Å². The van der Waals surface area contributed by atoms with Crippen molar-refractivity contribution in [2.24, 2.45) is 5.41 Å². The van der Waals surface area contributed by atoms with E-state index in [-0.39, 0.29) is 23.3 Å². The lowest BCUT2D eigenvalue weighted by atomic mass is 9.93. The minimum Gasteiger partial charge on any atom is -0.295 e. The fraction of sp³-hybridized carbons (Fsp3) is 0.500. The third-order valence-corrected chi connectivity index (χ3v) is 3.35. The topological polar surface area (TPSA) is 20.3 Å². The van der Waals surface area contributed by atoms with Gasteiger partial charge in [-0.3, -0.25) is 9.69 Å². The fourth-order valence-electron chi connectivity index (χ4n) is 2.36. The lowest BCUT2D eigenvalue weighted by Gasteiger charge is -2.19. The molecule has 1 aromatic carbocycles. The minimum atomic E-state index is -0.653. The van der Waals surface area contributed by atoms with Crippen molar-refractivity contribution < 1.29 is 13.6 Å². The van der Waals surface area contributed by atoms with Crippen molar-refractivity contribution in [1.29, 1.82) is 0 Å². The molecule has 1 aliphatic heterocycles. The highest BCUT2D eigenvalue weighted by molar-refractivity contribution is 5.97. The first-order chi connectivity index (χ1) is 8.37. The second kappa shape index (κ2) is 4.76. The number of halogens is 2. The Bertz CT molecular complexity index is 471. The van der Waals surface area contributed by atoms with Crippen molar-refractivity contribution in [3.8, 4) is 0 Å². The van der Waals surface area contributed by atoms with E-state index in [0.717, 1.165) is 37.7 Å². The Balaban J connectivity index is 2.06. The summed E-state index contributed by atoms with van der Waals surface area (Å²) in [5, 5.41) is 0. The van der Waals surface area contributed by atoms with Gasteiger partial charge in [-0.1, -0.05) is 13.8 Å². The summed E-state index contributed by atoms with van der Waals surface area (Å²) in [6, 6.07) is 2.99. The van der Waals surface area contributed by atoms with Crippen LogP contribution in [0.1, 0.15) is 30.6 Å². The average molecular weight is 253 g/mol. The van der Waals surface area contributed by atoms with E-state index < -0.39 is 11.6 Å². The van der Waals surface area contributed by atoms with Gasteiger partial charge in [0.05, 0.1) is 12.1 Å². The van der Waals surface area contributed by atoms with Crippen LogP contribution in [-0.4, -0.2) is 30.3 Å². The molecule has 0 saturated carbocycles. The van der Waals surface area contributed by atoms with Crippen LogP contribution in [0.15, 0.2) is 18.2 Å². The molecule has 0 amide bonds. The number of carbonyl (C=O) groups is 1. The number of Topliss-reactive ketones (excluding diaryl/α,β-unsaturated/α-hetero) is 1. The molecular formula is C14H17F2NO. The van der Waals surface area contributed by atoms with Crippen LogP contribution in [0.5, 0.6) is 0 Å². The molecule has 0 spiro atoms. The predicted molar refractivity (Wildman–Crippen MR) is 65.5 cm³/mol. The molecule has 18 heavy (non-hydrogen) atoms. The first-order valence-corrected chi connectivity index (χ1v) is 6.08. The first-order valence-electron chi connectivity index (χ1n) is 6.08. The number of nitrogens with zero attached hydrogens (tertiary/aromatic N) is 1. The van der Waals surface area contributed by atoms with Crippen molar-refractivity contribution in [3.63, 3.8) is 0 Å². The van der Waals surface area contributed by atoms with Gasteiger partial charge in [-0.2, -0.15) is 0 Å². The SMILES string of the molecule is CC1(C)CCN(CC(=O)c2cc(F)ccc2F)C1. The number of likely N-dealkylation sites (tertiary alicyclic amines) is 1. The van der Waals surface area contributed by atoms with E-state index in [9.17, 15) is 13.6 Å². The third-order valence-electron chi connectivity index (χ3n) is 3.35. The van der Waals surface area contributed by atoms with E-state index in [1.54, 1.807) is 0 Å². The summed E-state index contributed by atoms with van der Waals surface area (Å²) in [5.41, 5.74) is 0.0422. The zero-order valence-electron chi connectivity index (χ0n) is 10.7. The Morgan fingerprint density at radius 3 is 2.72 bits per heavy atom. The van der Waals surface area contributed by atoms with Crippen molar-refractivity contribution in [2.75, 3.05) is 19.6 Å². The number of hydrogen-bond donors (Lipinski definition) is 0. The second-order valence-corrected chi connectivity index (χ2v) is 5.67. The molecule has 2 nitrogen and oxygen atoms in total. The van der Waals surface area contributed by atoms with Crippen LogP contribution in [-0.2, 0) is 0 Å². The van der Waals surface area contributed by atoms with Crippen LogP contribution in [0.4, 0.5) is 8.78 Å². The Kier molecular flexibility index (Phi) is 3.48. The standard InChI is InChI=1S/C14H17F2NO/c1-14(2)5-6-17(9-14)8-13(18)11-7-10(15)3-4-12(11)16/h3-4,7H,5-6,8-9H2,1-2H3.